The number of nitrogens with zero attached hydrogens (tertiary/aromatic N) is 2. The number of hydroxylamine groups is 2. The lowest BCUT2D eigenvalue weighted by atomic mass is 9.90. The number of likely N-dealkylation sites (N-methyl/N-ethyl adjacent to an activating group) is 1. The van der Waals surface area contributed by atoms with E-state index in [2.05, 4.69) is 0 Å². The van der Waals surface area contributed by atoms with Crippen LogP contribution in [-0.4, -0.2) is 84.9 Å². The van der Waals surface area contributed by atoms with Gasteiger partial charge in [-0.25, -0.2) is 17.4 Å². The standard InChI is InChI=1S/C16H26F4N2O5S/c1-21(15(14(23)24)4-8-25-9-5-15)28-27-22-6-2-12(3-7-22)10-26-11-16(19,20)13(17)18/h12-13H,2-11H2,1H3,(H,23,24). The highest BCUT2D eigenvalue weighted by Gasteiger charge is 2.45. The van der Waals surface area contributed by atoms with Crippen molar-refractivity contribution in [2.45, 2.75) is 43.6 Å². The molecule has 2 heterocycles. The molecule has 2 aliphatic rings. The first kappa shape index (κ1) is 23.6. The Morgan fingerprint density at radius 3 is 2.50 bits per heavy atom. The van der Waals surface area contributed by atoms with Crippen molar-refractivity contribution >= 4 is 18.2 Å². The number of carbonyl (C=O) groups is 1. The van der Waals surface area contributed by atoms with Crippen LogP contribution in [0.1, 0.15) is 25.7 Å². The summed E-state index contributed by atoms with van der Waals surface area (Å²) in [4.78, 5) is 11.7. The molecule has 0 aromatic rings. The van der Waals surface area contributed by atoms with Crippen molar-refractivity contribution < 1.29 is 41.2 Å². The summed E-state index contributed by atoms with van der Waals surface area (Å²) in [6, 6.07) is 0. The highest BCUT2D eigenvalue weighted by molar-refractivity contribution is 7.92. The van der Waals surface area contributed by atoms with Crippen molar-refractivity contribution in [3.63, 3.8) is 0 Å². The van der Waals surface area contributed by atoms with Crippen molar-refractivity contribution in [2.24, 2.45) is 5.92 Å². The second kappa shape index (κ2) is 10.4. The summed E-state index contributed by atoms with van der Waals surface area (Å²) in [5, 5.41) is 11.3. The second-order valence-corrected chi connectivity index (χ2v) is 7.89. The second-order valence-electron chi connectivity index (χ2n) is 7.04. The van der Waals surface area contributed by atoms with Gasteiger partial charge in [-0.1, -0.05) is 0 Å². The quantitative estimate of drug-likeness (QED) is 0.320. The third-order valence-corrected chi connectivity index (χ3v) is 5.96. The lowest BCUT2D eigenvalue weighted by molar-refractivity contribution is -0.170. The zero-order valence-electron chi connectivity index (χ0n) is 15.6. The fraction of sp³-hybridized carbons (Fsp3) is 0.938. The molecule has 1 N–H and O–H groups in total. The van der Waals surface area contributed by atoms with Crippen LogP contribution in [0.25, 0.3) is 0 Å². The maximum atomic E-state index is 12.8. The van der Waals surface area contributed by atoms with Crippen LogP contribution in [0, 0.1) is 5.92 Å². The van der Waals surface area contributed by atoms with Crippen molar-refractivity contribution in [1.82, 2.24) is 9.37 Å². The van der Waals surface area contributed by atoms with Crippen molar-refractivity contribution in [3.05, 3.63) is 0 Å². The van der Waals surface area contributed by atoms with E-state index in [4.69, 9.17) is 13.8 Å². The maximum absolute atomic E-state index is 12.8. The average Bonchev–Trinajstić information content (AvgIpc) is 2.67. The van der Waals surface area contributed by atoms with E-state index < -0.39 is 30.5 Å². The molecule has 0 saturated carbocycles. The molecule has 0 aromatic carbocycles. The van der Waals surface area contributed by atoms with Crippen LogP contribution in [0.5, 0.6) is 0 Å². The van der Waals surface area contributed by atoms with Crippen LogP contribution >= 0.6 is 12.2 Å². The van der Waals surface area contributed by atoms with E-state index in [9.17, 15) is 27.5 Å². The number of carboxylic acids is 1. The smallest absolute Gasteiger partial charge is 0.330 e. The average molecular weight is 434 g/mol. The predicted molar refractivity (Wildman–Crippen MR) is 92.9 cm³/mol. The summed E-state index contributed by atoms with van der Waals surface area (Å²) in [7, 11) is 1.66. The fourth-order valence-electron chi connectivity index (χ4n) is 3.12. The van der Waals surface area contributed by atoms with E-state index in [1.54, 1.807) is 16.4 Å². The zero-order chi connectivity index (χ0) is 20.8. The maximum Gasteiger partial charge on any atom is 0.330 e. The number of carboxylic acid groups (broad SMARTS) is 1. The Balaban J connectivity index is 1.69. The van der Waals surface area contributed by atoms with Gasteiger partial charge in [0.15, 0.2) is 0 Å². The first-order valence-electron chi connectivity index (χ1n) is 9.06. The fourth-order valence-corrected chi connectivity index (χ4v) is 3.86. The van der Waals surface area contributed by atoms with E-state index in [-0.39, 0.29) is 12.5 Å². The molecular formula is C16H26F4N2O5S. The van der Waals surface area contributed by atoms with Crippen molar-refractivity contribution in [1.29, 1.82) is 0 Å². The molecule has 2 rings (SSSR count). The number of halogens is 4. The highest BCUT2D eigenvalue weighted by Crippen LogP contribution is 2.33. The van der Waals surface area contributed by atoms with Crippen LogP contribution in [0.2, 0.25) is 0 Å². The molecule has 0 amide bonds. The normalized spacial score (nSPS) is 22.1. The molecule has 164 valence electrons. The molecule has 0 bridgehead atoms. The summed E-state index contributed by atoms with van der Waals surface area (Å²) in [5.74, 6) is -5.07. The molecule has 12 heteroatoms. The predicted octanol–water partition coefficient (Wildman–Crippen LogP) is 2.68. The minimum absolute atomic E-state index is 0.00861. The molecule has 0 spiro atoms. The molecule has 0 aliphatic carbocycles. The van der Waals surface area contributed by atoms with E-state index in [0.29, 0.717) is 52.0 Å². The minimum atomic E-state index is -4.13. The Morgan fingerprint density at radius 1 is 1.36 bits per heavy atom. The Labute approximate surface area is 165 Å². The van der Waals surface area contributed by atoms with Crippen LogP contribution in [0.15, 0.2) is 0 Å². The third kappa shape index (κ3) is 6.17. The molecule has 0 atom stereocenters. The summed E-state index contributed by atoms with van der Waals surface area (Å²) in [6.45, 7) is 0.446. The van der Waals surface area contributed by atoms with Gasteiger partial charge >= 0.3 is 18.3 Å². The Bertz CT molecular complexity index is 503. The van der Waals surface area contributed by atoms with Crippen LogP contribution in [0.3, 0.4) is 0 Å². The number of hydrogen-bond donors (Lipinski definition) is 1. The van der Waals surface area contributed by atoms with Crippen LogP contribution in [0.4, 0.5) is 17.6 Å². The number of hydrogen-bond acceptors (Lipinski definition) is 7. The van der Waals surface area contributed by atoms with Crippen LogP contribution in [-0.2, 0) is 18.6 Å². The zero-order valence-corrected chi connectivity index (χ0v) is 16.4. The number of ether oxygens (including phenoxy) is 2. The van der Waals surface area contributed by atoms with E-state index >= 15 is 0 Å². The minimum Gasteiger partial charge on any atom is -0.480 e. The monoisotopic (exact) mass is 434 g/mol. The lowest BCUT2D eigenvalue weighted by Crippen LogP contribution is -2.53. The van der Waals surface area contributed by atoms with Gasteiger partial charge in [0.05, 0.1) is 0 Å². The largest absolute Gasteiger partial charge is 0.480 e. The molecule has 2 fully saturated rings. The third-order valence-electron chi connectivity index (χ3n) is 5.11. The molecule has 28 heavy (non-hydrogen) atoms. The topological polar surface area (TPSA) is 71.5 Å². The van der Waals surface area contributed by atoms with Gasteiger partial charge in [0.2, 0.25) is 0 Å². The van der Waals surface area contributed by atoms with Gasteiger partial charge < -0.3 is 14.6 Å². The number of alkyl halides is 4. The van der Waals surface area contributed by atoms with Crippen LogP contribution < -0.4 is 0 Å². The van der Waals surface area contributed by atoms with Gasteiger partial charge in [0.1, 0.15) is 24.4 Å². The number of piperidine rings is 1. The Kier molecular flexibility index (Phi) is 8.77. The van der Waals surface area contributed by atoms with Crippen molar-refractivity contribution in [3.8, 4) is 0 Å². The van der Waals surface area contributed by atoms with E-state index in [1.165, 1.54) is 0 Å². The molecule has 7 nitrogen and oxygen atoms in total. The molecule has 0 radical (unpaired) electrons. The van der Waals surface area contributed by atoms with Gasteiger partial charge in [-0.15, -0.1) is 0 Å². The molecule has 0 aromatic heterocycles. The van der Waals surface area contributed by atoms with E-state index in [1.807, 2.05) is 0 Å². The summed E-state index contributed by atoms with van der Waals surface area (Å²) in [6.07, 6.45) is -1.82. The summed E-state index contributed by atoms with van der Waals surface area (Å²) < 4.78 is 67.0. The summed E-state index contributed by atoms with van der Waals surface area (Å²) >= 11 is 0.951. The Morgan fingerprint density at radius 2 is 1.96 bits per heavy atom. The van der Waals surface area contributed by atoms with Gasteiger partial charge in [-0.3, -0.25) is 4.79 Å². The Hall–Kier alpha value is -0.660. The first-order chi connectivity index (χ1) is 13.2. The van der Waals surface area contributed by atoms with E-state index in [0.717, 1.165) is 12.2 Å². The van der Waals surface area contributed by atoms with Gasteiger partial charge in [0, 0.05) is 52.8 Å². The highest BCUT2D eigenvalue weighted by atomic mass is 32.2. The molecule has 0 unspecified atom stereocenters. The molecule has 2 saturated heterocycles. The lowest BCUT2D eigenvalue weighted by Gasteiger charge is -2.40. The molecular weight excluding hydrogens is 408 g/mol. The first-order valence-corrected chi connectivity index (χ1v) is 9.75. The summed E-state index contributed by atoms with van der Waals surface area (Å²) in [5.41, 5.74) is -1.05. The van der Waals surface area contributed by atoms with Gasteiger partial charge in [-0.2, -0.15) is 13.8 Å². The molecule has 2 aliphatic heterocycles. The van der Waals surface area contributed by atoms with Crippen molar-refractivity contribution in [2.75, 3.05) is 46.6 Å². The van der Waals surface area contributed by atoms with Gasteiger partial charge in [-0.05, 0) is 18.8 Å². The number of rotatable bonds is 10. The van der Waals surface area contributed by atoms with Gasteiger partial charge in [0.25, 0.3) is 0 Å². The number of aliphatic carboxylic acids is 1. The SMILES string of the molecule is CN(SON1CCC(COCC(F)(F)C(F)F)CC1)C1(C(=O)O)CCOCC1.